The van der Waals surface area contributed by atoms with Crippen LogP contribution in [-0.2, 0) is 11.0 Å². The molecule has 0 spiro atoms. The van der Waals surface area contributed by atoms with Crippen molar-refractivity contribution in [3.05, 3.63) is 28.8 Å². The normalized spacial score (nSPS) is 12.3. The lowest BCUT2D eigenvalue weighted by molar-refractivity contribution is -0.136. The third-order valence-corrected chi connectivity index (χ3v) is 2.11. The number of alkyl halides is 3. The molecule has 98 valence electrons. The molecule has 0 radical (unpaired) electrons. The molecule has 1 amide bonds. The van der Waals surface area contributed by atoms with Crippen LogP contribution in [0.4, 0.5) is 18.9 Å². The first kappa shape index (κ1) is 14.1. The van der Waals surface area contributed by atoms with Gasteiger partial charge in [-0.05, 0) is 18.2 Å². The zero-order valence-corrected chi connectivity index (χ0v) is 9.38. The van der Waals surface area contributed by atoms with Gasteiger partial charge in [0.1, 0.15) is 0 Å². The van der Waals surface area contributed by atoms with Crippen molar-refractivity contribution in [3.63, 3.8) is 0 Å². The van der Waals surface area contributed by atoms with Gasteiger partial charge < -0.3 is 16.3 Å². The highest BCUT2D eigenvalue weighted by atomic mass is 35.5. The maximum absolute atomic E-state index is 12.6. The van der Waals surface area contributed by atoms with Crippen molar-refractivity contribution >= 4 is 29.0 Å². The Labute approximate surface area is 104 Å². The molecule has 1 aromatic rings. The van der Waals surface area contributed by atoms with Crippen LogP contribution in [-0.4, -0.2) is 17.0 Å². The predicted molar refractivity (Wildman–Crippen MR) is 58.5 cm³/mol. The van der Waals surface area contributed by atoms with Gasteiger partial charge in [-0.2, -0.15) is 13.2 Å². The molecule has 0 unspecified atom stereocenters. The standard InChI is InChI=1S/C9H7ClF3N3O2/c10-4-1-2-6(5(3-4)9(11,12)13)15-8(17)7(14)16-18/h1-3,18H,(H2,14,16)(H,15,17). The average Bonchev–Trinajstić information content (AvgIpc) is 2.28. The summed E-state index contributed by atoms with van der Waals surface area (Å²) in [6.07, 6.45) is -4.70. The Balaban J connectivity index is 3.14. The Morgan fingerprint density at radius 2 is 2.06 bits per heavy atom. The van der Waals surface area contributed by atoms with Crippen LogP contribution in [0.3, 0.4) is 0 Å². The highest BCUT2D eigenvalue weighted by molar-refractivity contribution is 6.41. The molecule has 0 aliphatic carbocycles. The highest BCUT2D eigenvalue weighted by Gasteiger charge is 2.34. The first-order valence-electron chi connectivity index (χ1n) is 4.41. The van der Waals surface area contributed by atoms with Gasteiger partial charge in [-0.1, -0.05) is 16.8 Å². The Bertz CT molecular complexity index is 502. The van der Waals surface area contributed by atoms with E-state index in [0.29, 0.717) is 6.07 Å². The number of anilines is 1. The number of hydrogen-bond donors (Lipinski definition) is 3. The van der Waals surface area contributed by atoms with E-state index < -0.39 is 29.2 Å². The van der Waals surface area contributed by atoms with Gasteiger partial charge in [-0.25, -0.2) is 0 Å². The molecule has 1 rings (SSSR count). The van der Waals surface area contributed by atoms with Gasteiger partial charge in [0, 0.05) is 5.02 Å². The van der Waals surface area contributed by atoms with E-state index in [0.717, 1.165) is 6.07 Å². The summed E-state index contributed by atoms with van der Waals surface area (Å²) in [6.45, 7) is 0. The Hall–Kier alpha value is -1.96. The molecule has 9 heteroatoms. The van der Waals surface area contributed by atoms with E-state index in [2.05, 4.69) is 5.16 Å². The van der Waals surface area contributed by atoms with Crippen LogP contribution < -0.4 is 11.1 Å². The Morgan fingerprint density at radius 1 is 1.44 bits per heavy atom. The monoisotopic (exact) mass is 281 g/mol. The van der Waals surface area contributed by atoms with Crippen molar-refractivity contribution < 1.29 is 23.2 Å². The number of hydrogen-bond acceptors (Lipinski definition) is 3. The van der Waals surface area contributed by atoms with Crippen LogP contribution in [0.2, 0.25) is 5.02 Å². The molecule has 0 aliphatic rings. The number of benzene rings is 1. The molecule has 0 heterocycles. The van der Waals surface area contributed by atoms with Crippen molar-refractivity contribution in [2.75, 3.05) is 5.32 Å². The van der Waals surface area contributed by atoms with Crippen LogP contribution in [0.1, 0.15) is 5.56 Å². The fourth-order valence-corrected chi connectivity index (χ4v) is 1.26. The van der Waals surface area contributed by atoms with Gasteiger partial charge in [-0.15, -0.1) is 0 Å². The number of nitrogens with one attached hydrogen (secondary N) is 1. The minimum atomic E-state index is -4.70. The second-order valence-electron chi connectivity index (χ2n) is 3.13. The fraction of sp³-hybridized carbons (Fsp3) is 0.111. The molecule has 18 heavy (non-hydrogen) atoms. The summed E-state index contributed by atoms with van der Waals surface area (Å²) >= 11 is 5.45. The predicted octanol–water partition coefficient (Wildman–Crippen LogP) is 2.04. The first-order valence-corrected chi connectivity index (χ1v) is 4.79. The van der Waals surface area contributed by atoms with Gasteiger partial charge in [0.05, 0.1) is 11.3 Å². The number of nitrogens with two attached hydrogens (primary N) is 1. The maximum Gasteiger partial charge on any atom is 0.418 e. The molecule has 4 N–H and O–H groups in total. The Kier molecular flexibility index (Phi) is 4.02. The third-order valence-electron chi connectivity index (χ3n) is 1.88. The zero-order chi connectivity index (χ0) is 13.9. The van der Waals surface area contributed by atoms with Crippen molar-refractivity contribution in [3.8, 4) is 0 Å². The van der Waals surface area contributed by atoms with Crippen molar-refractivity contribution in [2.24, 2.45) is 10.9 Å². The topological polar surface area (TPSA) is 87.7 Å². The quantitative estimate of drug-likeness (QED) is 0.318. The van der Waals surface area contributed by atoms with E-state index in [1.165, 1.54) is 6.07 Å². The van der Waals surface area contributed by atoms with E-state index in [4.69, 9.17) is 22.5 Å². The molecule has 5 nitrogen and oxygen atoms in total. The smallest absolute Gasteiger partial charge is 0.409 e. The number of oxime groups is 1. The van der Waals surface area contributed by atoms with Gasteiger partial charge in [0.2, 0.25) is 5.84 Å². The lowest BCUT2D eigenvalue weighted by Crippen LogP contribution is -2.30. The maximum atomic E-state index is 12.6. The number of carbonyl (C=O) groups excluding carboxylic acids is 1. The molecule has 0 bridgehead atoms. The molecule has 0 aromatic heterocycles. The number of nitrogens with zero attached hydrogens (tertiary/aromatic N) is 1. The second kappa shape index (κ2) is 5.13. The summed E-state index contributed by atoms with van der Waals surface area (Å²) < 4.78 is 37.9. The number of halogens is 4. The molecule has 0 aliphatic heterocycles. The van der Waals surface area contributed by atoms with E-state index >= 15 is 0 Å². The lowest BCUT2D eigenvalue weighted by atomic mass is 10.1. The van der Waals surface area contributed by atoms with Gasteiger partial charge in [-0.3, -0.25) is 4.79 Å². The van der Waals surface area contributed by atoms with E-state index in [-0.39, 0.29) is 5.02 Å². The summed E-state index contributed by atoms with van der Waals surface area (Å²) in [6, 6.07) is 2.79. The van der Waals surface area contributed by atoms with E-state index in [9.17, 15) is 18.0 Å². The fourth-order valence-electron chi connectivity index (χ4n) is 1.09. The number of rotatable bonds is 1. The highest BCUT2D eigenvalue weighted by Crippen LogP contribution is 2.36. The summed E-state index contributed by atoms with van der Waals surface area (Å²) in [5, 5.41) is 12.3. The van der Waals surface area contributed by atoms with Crippen LogP contribution >= 0.6 is 11.6 Å². The molecular weight excluding hydrogens is 275 g/mol. The van der Waals surface area contributed by atoms with E-state index in [1.807, 2.05) is 5.32 Å². The van der Waals surface area contributed by atoms with E-state index in [1.54, 1.807) is 0 Å². The van der Waals surface area contributed by atoms with Gasteiger partial charge in [0.25, 0.3) is 5.91 Å². The van der Waals surface area contributed by atoms with Crippen LogP contribution in [0.25, 0.3) is 0 Å². The largest absolute Gasteiger partial charge is 0.418 e. The van der Waals surface area contributed by atoms with Crippen LogP contribution in [0, 0.1) is 0 Å². The SMILES string of the molecule is N/C(=N/O)C(=O)Nc1ccc(Cl)cc1C(F)(F)F. The molecule has 0 fully saturated rings. The average molecular weight is 282 g/mol. The molecule has 0 saturated carbocycles. The van der Waals surface area contributed by atoms with Crippen molar-refractivity contribution in [1.82, 2.24) is 0 Å². The van der Waals surface area contributed by atoms with Crippen LogP contribution in [0.15, 0.2) is 23.4 Å². The minimum absolute atomic E-state index is 0.135. The number of carbonyl (C=O) groups is 1. The summed E-state index contributed by atoms with van der Waals surface area (Å²) in [7, 11) is 0. The first-order chi connectivity index (χ1) is 8.25. The molecule has 0 atom stereocenters. The number of amides is 1. The molecule has 1 aromatic carbocycles. The lowest BCUT2D eigenvalue weighted by Gasteiger charge is -2.13. The zero-order valence-electron chi connectivity index (χ0n) is 8.62. The number of amidine groups is 1. The third kappa shape index (κ3) is 3.27. The van der Waals surface area contributed by atoms with Gasteiger partial charge >= 0.3 is 6.18 Å². The Morgan fingerprint density at radius 3 is 2.56 bits per heavy atom. The molecular formula is C9H7ClF3N3O2. The van der Waals surface area contributed by atoms with Crippen molar-refractivity contribution in [2.45, 2.75) is 6.18 Å². The minimum Gasteiger partial charge on any atom is -0.409 e. The van der Waals surface area contributed by atoms with Crippen LogP contribution in [0.5, 0.6) is 0 Å². The second-order valence-corrected chi connectivity index (χ2v) is 3.56. The summed E-state index contributed by atoms with van der Waals surface area (Å²) in [4.78, 5) is 11.2. The molecule has 0 saturated heterocycles. The summed E-state index contributed by atoms with van der Waals surface area (Å²) in [5.41, 5.74) is 3.27. The van der Waals surface area contributed by atoms with Crippen molar-refractivity contribution in [1.29, 1.82) is 0 Å². The summed E-state index contributed by atoms with van der Waals surface area (Å²) in [5.74, 6) is -2.02. The van der Waals surface area contributed by atoms with Gasteiger partial charge in [0.15, 0.2) is 0 Å².